The summed E-state index contributed by atoms with van der Waals surface area (Å²) < 4.78 is 6.23. The van der Waals surface area contributed by atoms with E-state index in [0.717, 1.165) is 73.9 Å². The maximum Gasteiger partial charge on any atom is 0.337 e. The molecule has 5 rings (SSSR count). The molecule has 218 valence electrons. The monoisotopic (exact) mass is 557 g/mol. The topological polar surface area (TPSA) is 91.7 Å². The molecule has 2 aromatic heterocycles. The van der Waals surface area contributed by atoms with Gasteiger partial charge in [-0.15, -0.1) is 0 Å². The number of benzene rings is 1. The lowest BCUT2D eigenvalue weighted by atomic mass is 9.81. The van der Waals surface area contributed by atoms with Gasteiger partial charge in [0.25, 0.3) is 0 Å². The second-order valence-corrected chi connectivity index (χ2v) is 13.2. The van der Waals surface area contributed by atoms with Gasteiger partial charge in [-0.3, -0.25) is 4.98 Å². The van der Waals surface area contributed by atoms with E-state index < -0.39 is 17.7 Å². The summed E-state index contributed by atoms with van der Waals surface area (Å²) in [6, 6.07) is 8.47. The van der Waals surface area contributed by atoms with Crippen molar-refractivity contribution in [3.8, 4) is 11.1 Å². The number of aliphatic carboxylic acids is 1. The smallest absolute Gasteiger partial charge is 0.337 e. The summed E-state index contributed by atoms with van der Waals surface area (Å²) in [4.78, 5) is 31.2. The van der Waals surface area contributed by atoms with Crippen molar-refractivity contribution >= 4 is 17.6 Å². The molecule has 1 aromatic carbocycles. The Morgan fingerprint density at radius 2 is 1.68 bits per heavy atom. The Balaban J connectivity index is 1.63. The van der Waals surface area contributed by atoms with Crippen LogP contribution in [0.4, 0.5) is 11.6 Å². The number of hydrogen-bond donors (Lipinski definition) is 1. The molecule has 0 spiro atoms. The highest BCUT2D eigenvalue weighted by Crippen LogP contribution is 2.45. The van der Waals surface area contributed by atoms with Crippen LogP contribution in [-0.4, -0.2) is 51.3 Å². The van der Waals surface area contributed by atoms with Crippen LogP contribution in [0.2, 0.25) is 0 Å². The number of carbonyl (C=O) groups is 1. The molecular formula is C33H43N5O3. The van der Waals surface area contributed by atoms with Gasteiger partial charge >= 0.3 is 5.97 Å². The summed E-state index contributed by atoms with van der Waals surface area (Å²) >= 11 is 0. The van der Waals surface area contributed by atoms with Crippen LogP contribution in [0, 0.1) is 19.3 Å². The molecule has 1 unspecified atom stereocenters. The molecule has 2 aliphatic rings. The fraction of sp³-hybridized carbons (Fsp3) is 0.515. The van der Waals surface area contributed by atoms with Crippen molar-refractivity contribution in [2.75, 3.05) is 29.4 Å². The Hall–Kier alpha value is -3.52. The predicted octanol–water partition coefficient (Wildman–Crippen LogP) is 6.29. The molecule has 0 saturated carbocycles. The summed E-state index contributed by atoms with van der Waals surface area (Å²) in [5.74, 6) is -0.244. The number of aryl methyl sites for hydroxylation is 2. The van der Waals surface area contributed by atoms with Gasteiger partial charge in [-0.1, -0.05) is 32.0 Å². The van der Waals surface area contributed by atoms with E-state index >= 15 is 0 Å². The first kappa shape index (κ1) is 29.0. The number of pyridine rings is 1. The Labute approximate surface area is 243 Å². The zero-order valence-electron chi connectivity index (χ0n) is 25.5. The summed E-state index contributed by atoms with van der Waals surface area (Å²) in [5, 5.41) is 10.4. The second-order valence-electron chi connectivity index (χ2n) is 13.2. The van der Waals surface area contributed by atoms with E-state index in [-0.39, 0.29) is 5.41 Å². The molecule has 1 saturated heterocycles. The number of hydrogen-bond acceptors (Lipinski definition) is 7. The number of rotatable bonds is 6. The van der Waals surface area contributed by atoms with E-state index in [9.17, 15) is 9.90 Å². The number of piperidine rings is 1. The van der Waals surface area contributed by atoms with Crippen LogP contribution in [0.5, 0.6) is 0 Å². The van der Waals surface area contributed by atoms with Gasteiger partial charge < -0.3 is 19.6 Å². The Morgan fingerprint density at radius 1 is 1.00 bits per heavy atom. The quantitative estimate of drug-likeness (QED) is 0.378. The van der Waals surface area contributed by atoms with Crippen LogP contribution in [0.3, 0.4) is 0 Å². The molecule has 8 heteroatoms. The molecule has 4 heterocycles. The Kier molecular flexibility index (Phi) is 7.81. The van der Waals surface area contributed by atoms with E-state index in [1.54, 1.807) is 12.4 Å². The summed E-state index contributed by atoms with van der Waals surface area (Å²) in [6.45, 7) is 17.6. The third kappa shape index (κ3) is 6.22. The number of carboxylic acid groups (broad SMARTS) is 1. The fourth-order valence-electron chi connectivity index (χ4n) is 6.09. The lowest BCUT2D eigenvalue weighted by Crippen LogP contribution is -2.39. The normalized spacial score (nSPS) is 17.7. The van der Waals surface area contributed by atoms with Crippen molar-refractivity contribution < 1.29 is 14.6 Å². The third-order valence-corrected chi connectivity index (χ3v) is 8.31. The molecule has 3 aromatic rings. The molecule has 0 amide bonds. The standard InChI is InChI=1S/C33H43N5O3/c1-21-26(24-9-10-25-20-38(16-11-23(25)19-24)31-34-14-8-15-35-31)28(37-17-12-33(6,7)13-18-37)27(22(2)36-21)29(30(39)40)41-32(3,4)5/h8-10,14-15,19,29H,11-13,16-18,20H2,1-7H3,(H,39,40). The number of carboxylic acids is 1. The molecule has 41 heavy (non-hydrogen) atoms. The number of ether oxygens (including phenoxy) is 1. The maximum atomic E-state index is 12.8. The molecule has 1 atom stereocenters. The van der Waals surface area contributed by atoms with E-state index in [1.807, 2.05) is 40.7 Å². The average Bonchev–Trinajstić information content (AvgIpc) is 2.91. The van der Waals surface area contributed by atoms with Crippen LogP contribution in [0.15, 0.2) is 36.7 Å². The molecule has 8 nitrogen and oxygen atoms in total. The fourth-order valence-corrected chi connectivity index (χ4v) is 6.09. The minimum absolute atomic E-state index is 0.252. The zero-order chi connectivity index (χ0) is 29.5. The molecule has 1 fully saturated rings. The predicted molar refractivity (Wildman–Crippen MR) is 162 cm³/mol. The third-order valence-electron chi connectivity index (χ3n) is 8.31. The minimum atomic E-state index is -1.12. The van der Waals surface area contributed by atoms with E-state index in [2.05, 4.69) is 51.8 Å². The van der Waals surface area contributed by atoms with Gasteiger partial charge in [0.2, 0.25) is 5.95 Å². The van der Waals surface area contributed by atoms with Crippen molar-refractivity contribution in [2.45, 2.75) is 86.0 Å². The number of anilines is 2. The van der Waals surface area contributed by atoms with Crippen molar-refractivity contribution in [2.24, 2.45) is 5.41 Å². The average molecular weight is 558 g/mol. The van der Waals surface area contributed by atoms with Gasteiger partial charge in [0.15, 0.2) is 6.10 Å². The zero-order valence-corrected chi connectivity index (χ0v) is 25.5. The number of fused-ring (bicyclic) bond motifs is 1. The highest BCUT2D eigenvalue weighted by Gasteiger charge is 2.36. The lowest BCUT2D eigenvalue weighted by molar-refractivity contribution is -0.160. The summed E-state index contributed by atoms with van der Waals surface area (Å²) in [6.07, 6.45) is 5.39. The van der Waals surface area contributed by atoms with Gasteiger partial charge in [0.05, 0.1) is 11.3 Å². The maximum absolute atomic E-state index is 12.8. The Morgan fingerprint density at radius 3 is 2.32 bits per heavy atom. The first-order valence-corrected chi connectivity index (χ1v) is 14.6. The first-order chi connectivity index (χ1) is 19.3. The largest absolute Gasteiger partial charge is 0.479 e. The van der Waals surface area contributed by atoms with Gasteiger partial charge in [-0.05, 0) is 82.1 Å². The van der Waals surface area contributed by atoms with Crippen LogP contribution < -0.4 is 9.80 Å². The van der Waals surface area contributed by atoms with Crippen LogP contribution >= 0.6 is 0 Å². The van der Waals surface area contributed by atoms with Crippen molar-refractivity contribution in [1.29, 1.82) is 0 Å². The first-order valence-electron chi connectivity index (χ1n) is 14.6. The number of aromatic nitrogens is 3. The van der Waals surface area contributed by atoms with E-state index in [0.29, 0.717) is 11.3 Å². The minimum Gasteiger partial charge on any atom is -0.479 e. The molecule has 0 bridgehead atoms. The summed E-state index contributed by atoms with van der Waals surface area (Å²) in [7, 11) is 0. The number of nitrogens with zero attached hydrogens (tertiary/aromatic N) is 5. The van der Waals surface area contributed by atoms with Crippen LogP contribution in [0.1, 0.15) is 81.6 Å². The second kappa shape index (κ2) is 11.0. The highest BCUT2D eigenvalue weighted by atomic mass is 16.5. The molecule has 0 radical (unpaired) electrons. The van der Waals surface area contributed by atoms with E-state index in [1.165, 1.54) is 11.1 Å². The van der Waals surface area contributed by atoms with Crippen molar-refractivity contribution in [3.63, 3.8) is 0 Å². The molecule has 2 aliphatic heterocycles. The van der Waals surface area contributed by atoms with Crippen LogP contribution in [0.25, 0.3) is 11.1 Å². The highest BCUT2D eigenvalue weighted by molar-refractivity contribution is 5.88. The Bertz CT molecular complexity index is 1420. The van der Waals surface area contributed by atoms with Crippen LogP contribution in [-0.2, 0) is 22.5 Å². The van der Waals surface area contributed by atoms with Crippen molar-refractivity contribution in [3.05, 3.63) is 64.7 Å². The van der Waals surface area contributed by atoms with Gasteiger partial charge in [-0.2, -0.15) is 0 Å². The lowest BCUT2D eigenvalue weighted by Gasteiger charge is -2.41. The molecule has 1 N–H and O–H groups in total. The van der Waals surface area contributed by atoms with Gasteiger partial charge in [0, 0.05) is 61.1 Å². The molecule has 0 aliphatic carbocycles. The van der Waals surface area contributed by atoms with Gasteiger partial charge in [-0.25, -0.2) is 14.8 Å². The SMILES string of the molecule is Cc1nc(C)c(C(OC(C)(C)C)C(=O)O)c(N2CCC(C)(C)CC2)c1-c1ccc2c(c1)CCN(c1ncccn1)C2. The summed E-state index contributed by atoms with van der Waals surface area (Å²) in [5.41, 5.74) is 7.47. The van der Waals surface area contributed by atoms with Crippen molar-refractivity contribution in [1.82, 2.24) is 15.0 Å². The molecular weight excluding hydrogens is 514 g/mol. The van der Waals surface area contributed by atoms with Gasteiger partial charge in [0.1, 0.15) is 0 Å². The van der Waals surface area contributed by atoms with E-state index in [4.69, 9.17) is 9.72 Å².